The van der Waals surface area contributed by atoms with E-state index in [0.717, 1.165) is 0 Å². The second-order valence-electron chi connectivity index (χ2n) is 2.21. The quantitative estimate of drug-likeness (QED) is 0.482. The number of thioether (sulfide) groups is 1. The Labute approximate surface area is 70.7 Å². The van der Waals surface area contributed by atoms with Crippen LogP contribution in [0.1, 0.15) is 6.92 Å². The number of hydrogen-bond acceptors (Lipinski definition) is 4. The minimum atomic E-state index is -3.82. The maximum Gasteiger partial charge on any atom is 0.265 e. The molecule has 68 valence electrons. The Morgan fingerprint density at radius 2 is 2.09 bits per heavy atom. The standard InChI is InChI=1S/C5H12O4S2/c1-5(6)4-10-2-3-11(7,8)9/h5-6H,2-4H2,1H3,(H,7,8,9)/t5-/m0/s1. The van der Waals surface area contributed by atoms with Crippen molar-refractivity contribution in [3.05, 3.63) is 0 Å². The molecule has 0 aromatic carbocycles. The number of aliphatic hydroxyl groups is 1. The minimum absolute atomic E-state index is 0.246. The normalized spacial score (nSPS) is 14.8. The Kier molecular flexibility index (Phi) is 5.07. The van der Waals surface area contributed by atoms with E-state index >= 15 is 0 Å². The monoisotopic (exact) mass is 200 g/mol. The van der Waals surface area contributed by atoms with Crippen LogP contribution >= 0.6 is 11.8 Å². The van der Waals surface area contributed by atoms with Gasteiger partial charge in [0.25, 0.3) is 10.1 Å². The van der Waals surface area contributed by atoms with Gasteiger partial charge in [0.15, 0.2) is 0 Å². The summed E-state index contributed by atoms with van der Waals surface area (Å²) in [5.41, 5.74) is 0. The zero-order chi connectivity index (χ0) is 8.91. The zero-order valence-electron chi connectivity index (χ0n) is 6.23. The van der Waals surface area contributed by atoms with E-state index in [1.54, 1.807) is 6.92 Å². The predicted molar refractivity (Wildman–Crippen MR) is 45.4 cm³/mol. The molecule has 0 heterocycles. The molecule has 0 unspecified atom stereocenters. The molecule has 1 atom stereocenters. The molecule has 0 aliphatic heterocycles. The molecular weight excluding hydrogens is 188 g/mol. The zero-order valence-corrected chi connectivity index (χ0v) is 7.86. The summed E-state index contributed by atoms with van der Waals surface area (Å²) in [7, 11) is -3.82. The molecule has 6 heteroatoms. The van der Waals surface area contributed by atoms with E-state index in [4.69, 9.17) is 9.66 Å². The van der Waals surface area contributed by atoms with Crippen molar-refractivity contribution in [2.75, 3.05) is 17.3 Å². The van der Waals surface area contributed by atoms with E-state index in [1.165, 1.54) is 11.8 Å². The van der Waals surface area contributed by atoms with Crippen LogP contribution in [-0.4, -0.2) is 41.4 Å². The van der Waals surface area contributed by atoms with Crippen molar-refractivity contribution in [1.82, 2.24) is 0 Å². The summed E-state index contributed by atoms with van der Waals surface area (Å²) in [6, 6.07) is 0. The molecular formula is C5H12O4S2. The third kappa shape index (κ3) is 10.2. The molecule has 0 aromatic heterocycles. The van der Waals surface area contributed by atoms with E-state index in [9.17, 15) is 8.42 Å². The van der Waals surface area contributed by atoms with E-state index in [1.807, 2.05) is 0 Å². The molecule has 11 heavy (non-hydrogen) atoms. The summed E-state index contributed by atoms with van der Waals surface area (Å²) in [5.74, 6) is 0.573. The first kappa shape index (κ1) is 11.2. The fourth-order valence-electron chi connectivity index (χ4n) is 0.418. The molecule has 0 aliphatic carbocycles. The predicted octanol–water partition coefficient (Wildman–Crippen LogP) is -0.0118. The number of rotatable bonds is 5. The van der Waals surface area contributed by atoms with Gasteiger partial charge >= 0.3 is 0 Å². The first-order chi connectivity index (χ1) is 4.92. The van der Waals surface area contributed by atoms with Gasteiger partial charge < -0.3 is 5.11 Å². The van der Waals surface area contributed by atoms with Gasteiger partial charge in [-0.2, -0.15) is 20.2 Å². The van der Waals surface area contributed by atoms with Crippen LogP contribution in [0.3, 0.4) is 0 Å². The van der Waals surface area contributed by atoms with Crippen LogP contribution in [0.5, 0.6) is 0 Å². The van der Waals surface area contributed by atoms with Gasteiger partial charge in [0.1, 0.15) is 0 Å². The SMILES string of the molecule is C[C@H](O)CSCCS(=O)(=O)O. The van der Waals surface area contributed by atoms with E-state index < -0.39 is 16.2 Å². The van der Waals surface area contributed by atoms with Crippen molar-refractivity contribution in [3.8, 4) is 0 Å². The molecule has 0 spiro atoms. The Morgan fingerprint density at radius 3 is 2.45 bits per heavy atom. The van der Waals surface area contributed by atoms with Crippen LogP contribution < -0.4 is 0 Å². The molecule has 0 rings (SSSR count). The second-order valence-corrected chi connectivity index (χ2v) is 4.93. The van der Waals surface area contributed by atoms with Gasteiger partial charge in [-0.05, 0) is 6.92 Å². The third-order valence-corrected chi connectivity index (χ3v) is 3.03. The van der Waals surface area contributed by atoms with Crippen molar-refractivity contribution < 1.29 is 18.1 Å². The Morgan fingerprint density at radius 1 is 1.55 bits per heavy atom. The lowest BCUT2D eigenvalue weighted by atomic mass is 10.5. The Hall–Kier alpha value is 0.220. The highest BCUT2D eigenvalue weighted by Gasteiger charge is 2.04. The first-order valence-corrected chi connectivity index (χ1v) is 5.89. The summed E-state index contributed by atoms with van der Waals surface area (Å²) in [5, 5.41) is 8.75. The molecule has 0 fully saturated rings. The van der Waals surface area contributed by atoms with E-state index in [2.05, 4.69) is 0 Å². The summed E-state index contributed by atoms with van der Waals surface area (Å²) < 4.78 is 28.6. The van der Waals surface area contributed by atoms with Gasteiger partial charge in [0.2, 0.25) is 0 Å². The molecule has 0 saturated heterocycles. The maximum absolute atomic E-state index is 10.2. The second kappa shape index (κ2) is 4.97. The average Bonchev–Trinajstić information content (AvgIpc) is 1.78. The fourth-order valence-corrected chi connectivity index (χ4v) is 2.24. The lowest BCUT2D eigenvalue weighted by Gasteiger charge is -2.01. The lowest BCUT2D eigenvalue weighted by Crippen LogP contribution is -2.09. The summed E-state index contributed by atoms with van der Waals surface area (Å²) in [4.78, 5) is 0. The van der Waals surface area contributed by atoms with Crippen LogP contribution in [0.2, 0.25) is 0 Å². The number of aliphatic hydroxyl groups excluding tert-OH is 1. The molecule has 0 aromatic rings. The van der Waals surface area contributed by atoms with E-state index in [0.29, 0.717) is 11.5 Å². The summed E-state index contributed by atoms with van der Waals surface area (Å²) in [6.07, 6.45) is -0.429. The highest BCUT2D eigenvalue weighted by Crippen LogP contribution is 2.02. The van der Waals surface area contributed by atoms with Gasteiger partial charge in [-0.15, -0.1) is 0 Å². The highest BCUT2D eigenvalue weighted by atomic mass is 32.2. The van der Waals surface area contributed by atoms with Gasteiger partial charge in [0.05, 0.1) is 11.9 Å². The van der Waals surface area contributed by atoms with Crippen LogP contribution in [0.15, 0.2) is 0 Å². The summed E-state index contributed by atoms with van der Waals surface area (Å²) in [6.45, 7) is 1.63. The Balaban J connectivity index is 3.30. The minimum Gasteiger partial charge on any atom is -0.393 e. The van der Waals surface area contributed by atoms with Crippen molar-refractivity contribution in [2.45, 2.75) is 13.0 Å². The highest BCUT2D eigenvalue weighted by molar-refractivity contribution is 8.00. The van der Waals surface area contributed by atoms with Gasteiger partial charge in [-0.3, -0.25) is 4.55 Å². The average molecular weight is 200 g/mol. The number of hydrogen-bond donors (Lipinski definition) is 2. The van der Waals surface area contributed by atoms with Gasteiger partial charge in [-0.1, -0.05) is 0 Å². The van der Waals surface area contributed by atoms with Gasteiger partial charge in [0, 0.05) is 11.5 Å². The fraction of sp³-hybridized carbons (Fsp3) is 1.00. The van der Waals surface area contributed by atoms with Crippen molar-refractivity contribution in [1.29, 1.82) is 0 Å². The molecule has 0 bridgehead atoms. The topological polar surface area (TPSA) is 74.6 Å². The van der Waals surface area contributed by atoms with Crippen molar-refractivity contribution >= 4 is 21.9 Å². The van der Waals surface area contributed by atoms with Crippen LogP contribution in [-0.2, 0) is 10.1 Å². The van der Waals surface area contributed by atoms with Crippen LogP contribution in [0, 0.1) is 0 Å². The smallest absolute Gasteiger partial charge is 0.265 e. The van der Waals surface area contributed by atoms with E-state index in [-0.39, 0.29) is 5.75 Å². The third-order valence-electron chi connectivity index (χ3n) is 0.845. The van der Waals surface area contributed by atoms with Crippen LogP contribution in [0.25, 0.3) is 0 Å². The largest absolute Gasteiger partial charge is 0.393 e. The van der Waals surface area contributed by atoms with Crippen LogP contribution in [0.4, 0.5) is 0 Å². The first-order valence-electron chi connectivity index (χ1n) is 3.13. The van der Waals surface area contributed by atoms with Crippen molar-refractivity contribution in [2.24, 2.45) is 0 Å². The summed E-state index contributed by atoms with van der Waals surface area (Å²) >= 11 is 1.30. The lowest BCUT2D eigenvalue weighted by molar-refractivity contribution is 0.220. The molecule has 0 saturated carbocycles. The molecule has 0 amide bonds. The Bertz CT molecular complexity index is 185. The van der Waals surface area contributed by atoms with Crippen molar-refractivity contribution in [3.63, 3.8) is 0 Å². The molecule has 4 nitrogen and oxygen atoms in total. The molecule has 0 aliphatic rings. The maximum atomic E-state index is 10.2. The van der Waals surface area contributed by atoms with Gasteiger partial charge in [-0.25, -0.2) is 0 Å². The molecule has 2 N–H and O–H groups in total. The molecule has 0 radical (unpaired) electrons.